The first kappa shape index (κ1) is 13.1. The van der Waals surface area contributed by atoms with Crippen LogP contribution in [0.2, 0.25) is 0 Å². The first-order valence-electron chi connectivity index (χ1n) is 7.32. The molecule has 1 fully saturated rings. The number of aromatic nitrogens is 1. The molecule has 2 aromatic rings. The Kier molecular flexibility index (Phi) is 3.70. The second-order valence-electron chi connectivity index (χ2n) is 5.30. The molecule has 1 aliphatic rings. The third-order valence-electron chi connectivity index (χ3n) is 3.74. The smallest absolute Gasteiger partial charge is 0.255 e. The van der Waals surface area contributed by atoms with E-state index in [4.69, 9.17) is 0 Å². The zero-order valence-corrected chi connectivity index (χ0v) is 11.8. The fourth-order valence-electron chi connectivity index (χ4n) is 2.53. The summed E-state index contributed by atoms with van der Waals surface area (Å²) in [5, 5.41) is 3.24. The Balaban J connectivity index is 2.07. The van der Waals surface area contributed by atoms with Crippen molar-refractivity contribution in [2.45, 2.75) is 32.4 Å². The van der Waals surface area contributed by atoms with Gasteiger partial charge in [-0.15, -0.1) is 0 Å². The molecule has 1 N–H and O–H groups in total. The average Bonchev–Trinajstić information content (AvgIpc) is 3.31. The van der Waals surface area contributed by atoms with Gasteiger partial charge >= 0.3 is 0 Å². The molecule has 0 saturated heterocycles. The maximum absolute atomic E-state index is 12.7. The van der Waals surface area contributed by atoms with Crippen LogP contribution in [0.5, 0.6) is 0 Å². The van der Waals surface area contributed by atoms with E-state index in [1.54, 1.807) is 0 Å². The first-order valence-corrected chi connectivity index (χ1v) is 7.32. The van der Waals surface area contributed by atoms with Crippen molar-refractivity contribution in [3.05, 3.63) is 58.4 Å². The molecule has 3 nitrogen and oxygen atoms in total. The van der Waals surface area contributed by atoms with Crippen molar-refractivity contribution in [1.29, 1.82) is 0 Å². The monoisotopic (exact) mass is 268 g/mol. The molecule has 3 rings (SSSR count). The van der Waals surface area contributed by atoms with E-state index >= 15 is 0 Å². The zero-order valence-electron chi connectivity index (χ0n) is 11.8. The van der Waals surface area contributed by atoms with E-state index in [1.807, 2.05) is 28.8 Å². The highest BCUT2D eigenvalue weighted by molar-refractivity contribution is 5.60. The molecule has 0 aliphatic heterocycles. The lowest BCUT2D eigenvalue weighted by atomic mass is 10.1. The molecule has 1 aromatic carbocycles. The first-order chi connectivity index (χ1) is 9.81. The second kappa shape index (κ2) is 5.63. The van der Waals surface area contributed by atoms with Crippen molar-refractivity contribution in [2.75, 3.05) is 6.54 Å². The summed E-state index contributed by atoms with van der Waals surface area (Å²) in [7, 11) is 0. The number of hydrogen-bond acceptors (Lipinski definition) is 2. The van der Waals surface area contributed by atoms with Gasteiger partial charge in [0.1, 0.15) is 0 Å². The van der Waals surface area contributed by atoms with Crippen LogP contribution in [0.4, 0.5) is 0 Å². The van der Waals surface area contributed by atoms with Crippen molar-refractivity contribution in [3.63, 3.8) is 0 Å². The molecule has 0 amide bonds. The highest BCUT2D eigenvalue weighted by atomic mass is 16.1. The van der Waals surface area contributed by atoms with E-state index in [1.165, 1.54) is 0 Å². The molecule has 0 radical (unpaired) electrons. The molecular weight excluding hydrogens is 248 g/mol. The Morgan fingerprint density at radius 1 is 1.15 bits per heavy atom. The Bertz CT molecular complexity index is 642. The number of hydrogen-bond donors (Lipinski definition) is 1. The zero-order chi connectivity index (χ0) is 13.9. The lowest BCUT2D eigenvalue weighted by Crippen LogP contribution is -2.27. The van der Waals surface area contributed by atoms with Gasteiger partial charge in [-0.25, -0.2) is 0 Å². The summed E-state index contributed by atoms with van der Waals surface area (Å²) in [6.07, 6.45) is 2.23. The summed E-state index contributed by atoms with van der Waals surface area (Å²) < 4.78 is 1.99. The summed E-state index contributed by atoms with van der Waals surface area (Å²) in [4.78, 5) is 12.7. The molecule has 20 heavy (non-hydrogen) atoms. The Labute approximate surface area is 119 Å². The molecule has 0 unspecified atom stereocenters. The fraction of sp³-hybridized carbons (Fsp3) is 0.353. The van der Waals surface area contributed by atoms with Crippen LogP contribution in [0.25, 0.3) is 11.3 Å². The molecule has 1 aromatic heterocycles. The topological polar surface area (TPSA) is 34.0 Å². The third-order valence-corrected chi connectivity index (χ3v) is 3.74. The van der Waals surface area contributed by atoms with E-state index in [0.717, 1.165) is 36.2 Å². The van der Waals surface area contributed by atoms with E-state index in [-0.39, 0.29) is 5.56 Å². The van der Waals surface area contributed by atoms with E-state index < -0.39 is 0 Å². The van der Waals surface area contributed by atoms with Gasteiger partial charge in [-0.05, 0) is 31.0 Å². The molecule has 0 atom stereocenters. The second-order valence-corrected chi connectivity index (χ2v) is 5.30. The van der Waals surface area contributed by atoms with Gasteiger partial charge in [-0.3, -0.25) is 4.79 Å². The van der Waals surface area contributed by atoms with Crippen LogP contribution in [0.3, 0.4) is 0 Å². The standard InChI is InChI=1S/C17H20N2O/c1-2-18-12-14-8-11-16(13-6-4-3-5-7-13)19(17(14)20)15-9-10-15/h3-8,11,15,18H,2,9-10,12H2,1H3. The van der Waals surface area contributed by atoms with Gasteiger partial charge in [0.15, 0.2) is 0 Å². The van der Waals surface area contributed by atoms with E-state index in [0.29, 0.717) is 12.6 Å². The average molecular weight is 268 g/mol. The summed E-state index contributed by atoms with van der Waals surface area (Å²) >= 11 is 0. The SMILES string of the molecule is CCNCc1ccc(-c2ccccc2)n(C2CC2)c1=O. The van der Waals surface area contributed by atoms with Crippen molar-refractivity contribution >= 4 is 0 Å². The number of nitrogens with one attached hydrogen (secondary N) is 1. The normalized spacial score (nSPS) is 14.4. The summed E-state index contributed by atoms with van der Waals surface area (Å²) in [6.45, 7) is 3.58. The van der Waals surface area contributed by atoms with E-state index in [9.17, 15) is 4.79 Å². The predicted molar refractivity (Wildman–Crippen MR) is 81.8 cm³/mol. The predicted octanol–water partition coefficient (Wildman–Crippen LogP) is 2.96. The fourth-order valence-corrected chi connectivity index (χ4v) is 2.53. The summed E-state index contributed by atoms with van der Waals surface area (Å²) in [6, 6.07) is 14.6. The van der Waals surface area contributed by atoms with Crippen molar-refractivity contribution in [3.8, 4) is 11.3 Å². The van der Waals surface area contributed by atoms with Gasteiger partial charge < -0.3 is 9.88 Å². The highest BCUT2D eigenvalue weighted by Crippen LogP contribution is 2.37. The van der Waals surface area contributed by atoms with Gasteiger partial charge in [0.25, 0.3) is 5.56 Å². The quantitative estimate of drug-likeness (QED) is 0.904. The molecule has 1 heterocycles. The minimum Gasteiger partial charge on any atom is -0.313 e. The highest BCUT2D eigenvalue weighted by Gasteiger charge is 2.27. The number of benzene rings is 1. The van der Waals surface area contributed by atoms with Crippen molar-refractivity contribution in [1.82, 2.24) is 9.88 Å². The van der Waals surface area contributed by atoms with E-state index in [2.05, 4.69) is 30.4 Å². The summed E-state index contributed by atoms with van der Waals surface area (Å²) in [5.74, 6) is 0. The Morgan fingerprint density at radius 3 is 2.55 bits per heavy atom. The van der Waals surface area contributed by atoms with Crippen molar-refractivity contribution < 1.29 is 0 Å². The molecule has 0 bridgehead atoms. The largest absolute Gasteiger partial charge is 0.313 e. The van der Waals surface area contributed by atoms with Crippen LogP contribution in [0.1, 0.15) is 31.4 Å². The third kappa shape index (κ3) is 2.54. The Hall–Kier alpha value is -1.87. The van der Waals surface area contributed by atoms with Gasteiger partial charge in [0.2, 0.25) is 0 Å². The van der Waals surface area contributed by atoms with Crippen LogP contribution >= 0.6 is 0 Å². The molecule has 104 valence electrons. The molecule has 0 spiro atoms. The van der Waals surface area contributed by atoms with Crippen LogP contribution in [0.15, 0.2) is 47.3 Å². The minimum atomic E-state index is 0.162. The number of rotatable bonds is 5. The molecule has 1 aliphatic carbocycles. The molecule has 3 heteroatoms. The number of nitrogens with zero attached hydrogens (tertiary/aromatic N) is 1. The maximum Gasteiger partial charge on any atom is 0.255 e. The summed E-state index contributed by atoms with van der Waals surface area (Å²) in [5.41, 5.74) is 3.18. The lowest BCUT2D eigenvalue weighted by Gasteiger charge is -2.14. The van der Waals surface area contributed by atoms with Crippen LogP contribution < -0.4 is 10.9 Å². The minimum absolute atomic E-state index is 0.162. The van der Waals surface area contributed by atoms with Gasteiger partial charge in [-0.2, -0.15) is 0 Å². The lowest BCUT2D eigenvalue weighted by molar-refractivity contribution is 0.673. The maximum atomic E-state index is 12.7. The van der Waals surface area contributed by atoms with Crippen LogP contribution in [-0.2, 0) is 6.54 Å². The Morgan fingerprint density at radius 2 is 1.90 bits per heavy atom. The van der Waals surface area contributed by atoms with Gasteiger partial charge in [0.05, 0.1) is 5.69 Å². The van der Waals surface area contributed by atoms with Gasteiger partial charge in [0, 0.05) is 18.2 Å². The van der Waals surface area contributed by atoms with Crippen molar-refractivity contribution in [2.24, 2.45) is 0 Å². The number of pyridine rings is 1. The van der Waals surface area contributed by atoms with Crippen LogP contribution in [0, 0.1) is 0 Å². The molecular formula is C17H20N2O. The van der Waals surface area contributed by atoms with Gasteiger partial charge in [-0.1, -0.05) is 43.3 Å². The molecule has 1 saturated carbocycles. The van der Waals surface area contributed by atoms with Crippen LogP contribution in [-0.4, -0.2) is 11.1 Å².